The van der Waals surface area contributed by atoms with E-state index in [9.17, 15) is 0 Å². The highest BCUT2D eigenvalue weighted by atomic mass is 14.4. The van der Waals surface area contributed by atoms with Gasteiger partial charge >= 0.3 is 0 Å². The Labute approximate surface area is 80.0 Å². The van der Waals surface area contributed by atoms with Crippen LogP contribution < -0.4 is 0 Å². The fraction of sp³-hybridized carbons (Fsp3) is 0.538. The van der Waals surface area contributed by atoms with Gasteiger partial charge in [-0.2, -0.15) is 0 Å². The van der Waals surface area contributed by atoms with Crippen LogP contribution >= 0.6 is 0 Å². The van der Waals surface area contributed by atoms with Crippen LogP contribution in [0.1, 0.15) is 39.0 Å². The zero-order chi connectivity index (χ0) is 8.84. The Balaban J connectivity index is 1.86. The van der Waals surface area contributed by atoms with E-state index in [1.54, 1.807) is 22.3 Å². The highest BCUT2D eigenvalue weighted by molar-refractivity contribution is 5.49. The highest BCUT2D eigenvalue weighted by Gasteiger charge is 2.32. The van der Waals surface area contributed by atoms with Crippen molar-refractivity contribution in [2.75, 3.05) is 0 Å². The topological polar surface area (TPSA) is 0 Å². The van der Waals surface area contributed by atoms with E-state index >= 15 is 0 Å². The van der Waals surface area contributed by atoms with Crippen LogP contribution in [0, 0.1) is 5.92 Å². The lowest BCUT2D eigenvalue weighted by molar-refractivity contribution is 0.700. The van der Waals surface area contributed by atoms with Crippen molar-refractivity contribution < 1.29 is 0 Å². The van der Waals surface area contributed by atoms with E-state index in [-0.39, 0.29) is 0 Å². The van der Waals surface area contributed by atoms with Gasteiger partial charge in [0.2, 0.25) is 0 Å². The molecule has 3 aliphatic rings. The molecule has 3 rings (SSSR count). The predicted molar refractivity (Wildman–Crippen MR) is 55.4 cm³/mol. The van der Waals surface area contributed by atoms with E-state index < -0.39 is 0 Å². The van der Waals surface area contributed by atoms with Gasteiger partial charge in [-0.1, -0.05) is 23.3 Å². The zero-order valence-electron chi connectivity index (χ0n) is 8.27. The van der Waals surface area contributed by atoms with E-state index in [1.807, 2.05) is 0 Å². The minimum atomic E-state index is 0.839. The third-order valence-corrected chi connectivity index (χ3v) is 3.67. The van der Waals surface area contributed by atoms with Crippen LogP contribution in [0.25, 0.3) is 0 Å². The van der Waals surface area contributed by atoms with Gasteiger partial charge < -0.3 is 0 Å². The SMILES string of the molecule is CC1=C(C2CCC=C2C2=CCC2)C1. The van der Waals surface area contributed by atoms with E-state index in [4.69, 9.17) is 0 Å². The van der Waals surface area contributed by atoms with E-state index in [2.05, 4.69) is 19.1 Å². The molecule has 0 spiro atoms. The molecule has 0 saturated carbocycles. The number of rotatable bonds is 2. The maximum Gasteiger partial charge on any atom is 0.00564 e. The van der Waals surface area contributed by atoms with Crippen molar-refractivity contribution in [3.8, 4) is 0 Å². The van der Waals surface area contributed by atoms with Crippen molar-refractivity contribution in [2.24, 2.45) is 5.92 Å². The first-order valence-corrected chi connectivity index (χ1v) is 5.44. The summed E-state index contributed by atoms with van der Waals surface area (Å²) in [5, 5.41) is 0. The summed E-state index contributed by atoms with van der Waals surface area (Å²) in [6.45, 7) is 2.29. The number of hydrogen-bond donors (Lipinski definition) is 0. The Kier molecular flexibility index (Phi) is 1.52. The third-order valence-electron chi connectivity index (χ3n) is 3.67. The van der Waals surface area contributed by atoms with Crippen LogP contribution in [-0.2, 0) is 0 Å². The molecular weight excluding hydrogens is 156 g/mol. The maximum atomic E-state index is 2.48. The Morgan fingerprint density at radius 2 is 2.00 bits per heavy atom. The Bertz CT molecular complexity index is 339. The standard InChI is InChI=1S/C13H16/c1-9-8-13(9)12-7-3-6-11(12)10-4-2-5-10/h4,6,12H,2-3,5,7-8H2,1H3. The van der Waals surface area contributed by atoms with Gasteiger partial charge in [0.05, 0.1) is 0 Å². The molecule has 13 heavy (non-hydrogen) atoms. The van der Waals surface area contributed by atoms with E-state index in [0.29, 0.717) is 0 Å². The summed E-state index contributed by atoms with van der Waals surface area (Å²) >= 11 is 0. The fourth-order valence-corrected chi connectivity index (χ4v) is 2.63. The van der Waals surface area contributed by atoms with Crippen molar-refractivity contribution in [3.05, 3.63) is 34.4 Å². The minimum absolute atomic E-state index is 0.839. The summed E-state index contributed by atoms with van der Waals surface area (Å²) in [6.07, 6.45) is 11.6. The van der Waals surface area contributed by atoms with Gasteiger partial charge in [-0.25, -0.2) is 0 Å². The van der Waals surface area contributed by atoms with Crippen molar-refractivity contribution in [2.45, 2.75) is 39.0 Å². The average Bonchev–Trinajstić information content (AvgIpc) is 2.58. The molecule has 0 heterocycles. The van der Waals surface area contributed by atoms with Gasteiger partial charge in [0, 0.05) is 5.92 Å². The Hall–Kier alpha value is -0.780. The first-order chi connectivity index (χ1) is 6.36. The van der Waals surface area contributed by atoms with Gasteiger partial charge in [-0.3, -0.25) is 0 Å². The smallest absolute Gasteiger partial charge is 0.00564 e. The largest absolute Gasteiger partial charge is 0.0807 e. The second-order valence-corrected chi connectivity index (χ2v) is 4.54. The molecule has 0 radical (unpaired) electrons. The van der Waals surface area contributed by atoms with Gasteiger partial charge in [0.25, 0.3) is 0 Å². The molecule has 0 N–H and O–H groups in total. The summed E-state index contributed by atoms with van der Waals surface area (Å²) in [7, 11) is 0. The van der Waals surface area contributed by atoms with Crippen LogP contribution in [0.3, 0.4) is 0 Å². The number of allylic oxidation sites excluding steroid dienone is 6. The number of hydrogen-bond acceptors (Lipinski definition) is 0. The van der Waals surface area contributed by atoms with E-state index in [0.717, 1.165) is 5.92 Å². The molecule has 68 valence electrons. The van der Waals surface area contributed by atoms with Gasteiger partial charge in [-0.05, 0) is 50.2 Å². The summed E-state index contributed by atoms with van der Waals surface area (Å²) in [6, 6.07) is 0. The van der Waals surface area contributed by atoms with Crippen molar-refractivity contribution in [1.82, 2.24) is 0 Å². The predicted octanol–water partition coefficient (Wildman–Crippen LogP) is 3.76. The van der Waals surface area contributed by atoms with Crippen LogP contribution in [0.2, 0.25) is 0 Å². The van der Waals surface area contributed by atoms with Crippen molar-refractivity contribution >= 4 is 0 Å². The first-order valence-electron chi connectivity index (χ1n) is 5.44. The van der Waals surface area contributed by atoms with Crippen LogP contribution in [-0.4, -0.2) is 0 Å². The van der Waals surface area contributed by atoms with Gasteiger partial charge in [-0.15, -0.1) is 0 Å². The molecule has 1 atom stereocenters. The quantitative estimate of drug-likeness (QED) is 0.556. The summed E-state index contributed by atoms with van der Waals surface area (Å²) in [5.74, 6) is 0.839. The minimum Gasteiger partial charge on any atom is -0.0807 e. The summed E-state index contributed by atoms with van der Waals surface area (Å²) in [4.78, 5) is 0. The molecule has 0 saturated heterocycles. The molecule has 0 aliphatic heterocycles. The second kappa shape index (κ2) is 2.60. The molecule has 0 nitrogen and oxygen atoms in total. The molecule has 0 bridgehead atoms. The molecule has 0 aromatic carbocycles. The van der Waals surface area contributed by atoms with E-state index in [1.165, 1.54) is 32.1 Å². The van der Waals surface area contributed by atoms with Gasteiger partial charge in [0.15, 0.2) is 0 Å². The Morgan fingerprint density at radius 1 is 1.23 bits per heavy atom. The lowest BCUT2D eigenvalue weighted by Crippen LogP contribution is -2.04. The lowest BCUT2D eigenvalue weighted by atomic mass is 9.84. The zero-order valence-corrected chi connectivity index (χ0v) is 8.27. The van der Waals surface area contributed by atoms with Crippen LogP contribution in [0.15, 0.2) is 34.4 Å². The second-order valence-electron chi connectivity index (χ2n) is 4.54. The monoisotopic (exact) mass is 172 g/mol. The molecule has 0 aromatic heterocycles. The van der Waals surface area contributed by atoms with Gasteiger partial charge in [0.1, 0.15) is 0 Å². The molecule has 0 heteroatoms. The molecular formula is C13H16. The fourth-order valence-electron chi connectivity index (χ4n) is 2.63. The molecule has 0 fully saturated rings. The maximum absolute atomic E-state index is 2.48. The average molecular weight is 172 g/mol. The Morgan fingerprint density at radius 3 is 2.54 bits per heavy atom. The first kappa shape index (κ1) is 7.61. The van der Waals surface area contributed by atoms with Crippen LogP contribution in [0.5, 0.6) is 0 Å². The third kappa shape index (κ3) is 1.12. The van der Waals surface area contributed by atoms with Crippen LogP contribution in [0.4, 0.5) is 0 Å². The highest BCUT2D eigenvalue weighted by Crippen LogP contribution is 2.48. The molecule has 1 unspecified atom stereocenters. The molecule has 0 aromatic rings. The molecule has 0 amide bonds. The summed E-state index contributed by atoms with van der Waals surface area (Å²) in [5.41, 5.74) is 6.78. The van der Waals surface area contributed by atoms with Crippen molar-refractivity contribution in [1.29, 1.82) is 0 Å². The molecule has 3 aliphatic carbocycles. The van der Waals surface area contributed by atoms with Crippen molar-refractivity contribution in [3.63, 3.8) is 0 Å². The normalized spacial score (nSPS) is 31.3. The summed E-state index contributed by atoms with van der Waals surface area (Å²) < 4.78 is 0. The lowest BCUT2D eigenvalue weighted by Gasteiger charge is -2.20.